The van der Waals surface area contributed by atoms with Crippen molar-refractivity contribution >= 4 is 33.1 Å². The van der Waals surface area contributed by atoms with Crippen LogP contribution in [0, 0.1) is 6.92 Å². The fourth-order valence-corrected chi connectivity index (χ4v) is 3.83. The molecule has 0 saturated heterocycles. The molecule has 0 amide bonds. The van der Waals surface area contributed by atoms with E-state index in [1.807, 2.05) is 0 Å². The van der Waals surface area contributed by atoms with E-state index in [0.29, 0.717) is 5.69 Å². The monoisotopic (exact) mass is 470 g/mol. The van der Waals surface area contributed by atoms with Crippen molar-refractivity contribution < 1.29 is 31.1 Å². The number of nitrogens with zero attached hydrogens (tertiary/aromatic N) is 1. The first-order valence-electron chi connectivity index (χ1n) is 8.60. The highest BCUT2D eigenvalue weighted by Gasteiger charge is 2.31. The van der Waals surface area contributed by atoms with Crippen molar-refractivity contribution in [2.45, 2.75) is 18.2 Å². The number of nitrogens with one attached hydrogen (secondary N) is 1. The number of aryl methyl sites for hydroxylation is 1. The summed E-state index contributed by atoms with van der Waals surface area (Å²) in [7, 11) is -4.23. The molecule has 0 radical (unpaired) electrons. The Labute approximate surface area is 180 Å². The van der Waals surface area contributed by atoms with Gasteiger partial charge in [-0.05, 0) is 61.5 Å². The number of hydrogen-bond donors (Lipinski definition) is 1. The van der Waals surface area contributed by atoms with Gasteiger partial charge in [-0.3, -0.25) is 14.5 Å². The number of ether oxygens (including phenoxy) is 1. The number of carbonyl (C=O) groups is 1. The highest BCUT2D eigenvalue weighted by atomic mass is 35.5. The largest absolute Gasteiger partial charge is 0.573 e. The number of aromatic nitrogens is 1. The topological polar surface area (TPSA) is 85.4 Å². The predicted octanol–water partition coefficient (Wildman–Crippen LogP) is 4.97. The lowest BCUT2D eigenvalue weighted by atomic mass is 10.0. The molecule has 162 valence electrons. The highest BCUT2D eigenvalue weighted by molar-refractivity contribution is 7.92. The fourth-order valence-electron chi connectivity index (χ4n) is 2.58. The molecule has 0 aliphatic carbocycles. The molecule has 0 unspecified atom stereocenters. The summed E-state index contributed by atoms with van der Waals surface area (Å²) in [6.07, 6.45) is -3.54. The lowest BCUT2D eigenvalue weighted by Gasteiger charge is -2.13. The minimum absolute atomic E-state index is 0.0150. The lowest BCUT2D eigenvalue weighted by molar-refractivity contribution is -0.274. The Morgan fingerprint density at radius 3 is 2.32 bits per heavy atom. The van der Waals surface area contributed by atoms with Crippen molar-refractivity contribution in [3.63, 3.8) is 0 Å². The average molecular weight is 471 g/mol. The van der Waals surface area contributed by atoms with E-state index in [-0.39, 0.29) is 26.7 Å². The van der Waals surface area contributed by atoms with Crippen LogP contribution in [0.3, 0.4) is 0 Å². The van der Waals surface area contributed by atoms with Gasteiger partial charge in [0, 0.05) is 28.0 Å². The van der Waals surface area contributed by atoms with Crippen molar-refractivity contribution in [3.8, 4) is 5.75 Å². The average Bonchev–Trinajstić information content (AvgIpc) is 2.68. The van der Waals surface area contributed by atoms with Gasteiger partial charge in [-0.1, -0.05) is 11.6 Å². The van der Waals surface area contributed by atoms with Crippen LogP contribution in [0.15, 0.2) is 65.7 Å². The van der Waals surface area contributed by atoms with Gasteiger partial charge in [0.25, 0.3) is 10.0 Å². The van der Waals surface area contributed by atoms with Crippen LogP contribution in [-0.4, -0.2) is 25.5 Å². The van der Waals surface area contributed by atoms with Crippen molar-refractivity contribution in [1.82, 2.24) is 4.98 Å². The van der Waals surface area contributed by atoms with Gasteiger partial charge in [0.2, 0.25) is 0 Å². The van der Waals surface area contributed by atoms with Crippen molar-refractivity contribution in [2.75, 3.05) is 4.72 Å². The summed E-state index contributed by atoms with van der Waals surface area (Å²) in [5.74, 6) is -1.08. The Kier molecular flexibility index (Phi) is 6.23. The summed E-state index contributed by atoms with van der Waals surface area (Å²) >= 11 is 5.98. The molecule has 0 spiro atoms. The van der Waals surface area contributed by atoms with Gasteiger partial charge < -0.3 is 4.74 Å². The molecule has 3 aromatic rings. The van der Waals surface area contributed by atoms with Crippen LogP contribution in [-0.2, 0) is 10.0 Å². The second-order valence-corrected chi connectivity index (χ2v) is 8.45. The Balaban J connectivity index is 1.91. The second kappa shape index (κ2) is 8.56. The molecule has 0 aliphatic heterocycles. The number of anilines is 1. The Morgan fingerprint density at radius 2 is 1.74 bits per heavy atom. The third-order valence-corrected chi connectivity index (χ3v) is 5.63. The third kappa shape index (κ3) is 5.74. The van der Waals surface area contributed by atoms with Gasteiger partial charge in [0.1, 0.15) is 5.75 Å². The Morgan fingerprint density at radius 1 is 1.06 bits per heavy atom. The molecular formula is C20H14ClF3N2O4S. The first kappa shape index (κ1) is 22.6. The van der Waals surface area contributed by atoms with Crippen molar-refractivity contribution in [1.29, 1.82) is 0 Å². The molecule has 0 saturated carbocycles. The summed E-state index contributed by atoms with van der Waals surface area (Å²) in [5.41, 5.74) is 0.854. The molecule has 3 rings (SSSR count). The van der Waals surface area contributed by atoms with E-state index in [1.54, 1.807) is 19.1 Å². The van der Waals surface area contributed by atoms with Crippen LogP contribution >= 0.6 is 11.6 Å². The number of alkyl halides is 3. The normalized spacial score (nSPS) is 11.8. The van der Waals surface area contributed by atoms with Crippen molar-refractivity contribution in [3.05, 3.63) is 82.6 Å². The molecule has 0 fully saturated rings. The third-order valence-electron chi connectivity index (χ3n) is 4.01. The zero-order chi connectivity index (χ0) is 22.8. The molecular weight excluding hydrogens is 457 g/mol. The summed E-state index contributed by atoms with van der Waals surface area (Å²) in [4.78, 5) is 16.6. The first-order valence-corrected chi connectivity index (χ1v) is 10.5. The zero-order valence-electron chi connectivity index (χ0n) is 15.8. The molecule has 31 heavy (non-hydrogen) atoms. The van der Waals surface area contributed by atoms with Gasteiger partial charge in [0.05, 0.1) is 10.6 Å². The number of carbonyl (C=O) groups excluding carboxylic acids is 1. The summed E-state index contributed by atoms with van der Waals surface area (Å²) in [6.45, 7) is 1.75. The minimum Gasteiger partial charge on any atom is -0.406 e. The van der Waals surface area contributed by atoms with Crippen LogP contribution < -0.4 is 9.46 Å². The molecule has 0 atom stereocenters. The van der Waals surface area contributed by atoms with E-state index in [0.717, 1.165) is 24.3 Å². The molecule has 1 N–H and O–H groups in total. The fraction of sp³-hybridized carbons (Fsp3) is 0.100. The molecule has 1 aromatic heterocycles. The second-order valence-electron chi connectivity index (χ2n) is 6.33. The quantitative estimate of drug-likeness (QED) is 0.514. The van der Waals surface area contributed by atoms with Crippen LogP contribution in [0.2, 0.25) is 5.02 Å². The molecule has 11 heteroatoms. The van der Waals surface area contributed by atoms with E-state index < -0.39 is 27.9 Å². The first-order chi connectivity index (χ1) is 14.4. The van der Waals surface area contributed by atoms with Crippen LogP contribution in [0.4, 0.5) is 18.9 Å². The van der Waals surface area contributed by atoms with Crippen LogP contribution in [0.5, 0.6) is 5.75 Å². The zero-order valence-corrected chi connectivity index (χ0v) is 17.3. The van der Waals surface area contributed by atoms with E-state index in [9.17, 15) is 26.4 Å². The van der Waals surface area contributed by atoms with Crippen LogP contribution in [0.1, 0.15) is 21.6 Å². The van der Waals surface area contributed by atoms with E-state index in [2.05, 4.69) is 14.4 Å². The van der Waals surface area contributed by atoms with Crippen molar-refractivity contribution in [2.24, 2.45) is 0 Å². The maximum absolute atomic E-state index is 12.9. The number of pyridine rings is 1. The standard InChI is InChI=1S/C20H14ClF3N2O4S/c1-12-2-3-13(11-25-12)19(27)17-10-14(21)4-9-18(17)26-31(28,29)16-7-5-15(6-8-16)30-20(22,23)24/h2-11,26H,1H3. The van der Waals surface area contributed by atoms with E-state index in [4.69, 9.17) is 11.6 Å². The van der Waals surface area contributed by atoms with E-state index in [1.165, 1.54) is 24.4 Å². The maximum atomic E-state index is 12.9. The number of sulfonamides is 1. The van der Waals surface area contributed by atoms with Gasteiger partial charge in [-0.25, -0.2) is 8.42 Å². The number of ketones is 1. The molecule has 0 aliphatic rings. The molecule has 6 nitrogen and oxygen atoms in total. The molecule has 2 aromatic carbocycles. The van der Waals surface area contributed by atoms with Gasteiger partial charge in [0.15, 0.2) is 5.78 Å². The Bertz CT molecular complexity index is 1210. The van der Waals surface area contributed by atoms with Crippen LogP contribution in [0.25, 0.3) is 0 Å². The van der Waals surface area contributed by atoms with E-state index >= 15 is 0 Å². The smallest absolute Gasteiger partial charge is 0.406 e. The molecule has 1 heterocycles. The van der Waals surface area contributed by atoms with Gasteiger partial charge in [-0.2, -0.15) is 0 Å². The summed E-state index contributed by atoms with van der Waals surface area (Å²) < 4.78 is 68.2. The number of halogens is 4. The lowest BCUT2D eigenvalue weighted by Crippen LogP contribution is -2.18. The summed E-state index contributed by atoms with van der Waals surface area (Å²) in [5, 5.41) is 0.208. The Hall–Kier alpha value is -3.11. The number of hydrogen-bond acceptors (Lipinski definition) is 5. The summed E-state index contributed by atoms with van der Waals surface area (Å²) in [6, 6.07) is 10.8. The SMILES string of the molecule is Cc1ccc(C(=O)c2cc(Cl)ccc2NS(=O)(=O)c2ccc(OC(F)(F)F)cc2)cn1. The minimum atomic E-state index is -4.90. The maximum Gasteiger partial charge on any atom is 0.573 e. The van der Waals surface area contributed by atoms with Gasteiger partial charge in [-0.15, -0.1) is 13.2 Å². The van der Waals surface area contributed by atoms with Gasteiger partial charge >= 0.3 is 6.36 Å². The highest BCUT2D eigenvalue weighted by Crippen LogP contribution is 2.28. The predicted molar refractivity (Wildman–Crippen MR) is 108 cm³/mol. The number of benzene rings is 2. The number of rotatable bonds is 6. The molecule has 0 bridgehead atoms.